The van der Waals surface area contributed by atoms with Crippen molar-refractivity contribution in [2.75, 3.05) is 13.2 Å². The number of esters is 1. The molecule has 4 aromatic rings. The number of benzene rings is 2. The predicted molar refractivity (Wildman–Crippen MR) is 116 cm³/mol. The van der Waals surface area contributed by atoms with Crippen LogP contribution in [0.4, 0.5) is 0 Å². The second-order valence-electron chi connectivity index (χ2n) is 6.24. The van der Waals surface area contributed by atoms with Gasteiger partial charge in [-0.15, -0.1) is 11.3 Å². The summed E-state index contributed by atoms with van der Waals surface area (Å²) in [6.07, 6.45) is 0. The zero-order chi connectivity index (χ0) is 20.4. The zero-order valence-electron chi connectivity index (χ0n) is 15.4. The van der Waals surface area contributed by atoms with E-state index in [9.17, 15) is 4.79 Å². The second kappa shape index (κ2) is 8.45. The average molecular weight is 447 g/mol. The van der Waals surface area contributed by atoms with Gasteiger partial charge in [0.2, 0.25) is 0 Å². The van der Waals surface area contributed by atoms with Crippen LogP contribution in [0.5, 0.6) is 5.75 Å². The van der Waals surface area contributed by atoms with Crippen molar-refractivity contribution in [2.24, 2.45) is 0 Å². The molecule has 148 valence electrons. The molecule has 0 atom stereocenters. The van der Waals surface area contributed by atoms with E-state index in [-0.39, 0.29) is 19.2 Å². The molecule has 0 unspecified atom stereocenters. The molecule has 2 heterocycles. The van der Waals surface area contributed by atoms with E-state index < -0.39 is 0 Å². The van der Waals surface area contributed by atoms with Gasteiger partial charge in [-0.25, -0.2) is 9.48 Å². The topological polar surface area (TPSA) is 53.4 Å². The number of carbonyl (C=O) groups excluding carboxylic acids is 1. The minimum Gasteiger partial charge on any atom is -0.490 e. The Labute approximate surface area is 181 Å². The zero-order valence-corrected chi connectivity index (χ0v) is 17.7. The highest BCUT2D eigenvalue weighted by Gasteiger charge is 2.18. The molecule has 0 amide bonds. The van der Waals surface area contributed by atoms with Gasteiger partial charge in [0.15, 0.2) is 0 Å². The van der Waals surface area contributed by atoms with Crippen LogP contribution in [-0.4, -0.2) is 29.0 Å². The number of fused-ring (bicyclic) bond motifs is 1. The molecule has 5 nitrogen and oxygen atoms in total. The number of hydrogen-bond acceptors (Lipinski definition) is 5. The molecule has 0 spiro atoms. The summed E-state index contributed by atoms with van der Waals surface area (Å²) in [5.74, 6) is 0.291. The van der Waals surface area contributed by atoms with Crippen LogP contribution in [0.1, 0.15) is 15.4 Å². The molecule has 2 aromatic heterocycles. The number of hydrogen-bond donors (Lipinski definition) is 0. The molecule has 0 radical (unpaired) electrons. The molecule has 0 aliphatic heterocycles. The lowest BCUT2D eigenvalue weighted by molar-refractivity contribution is 0.0456. The van der Waals surface area contributed by atoms with E-state index in [0.29, 0.717) is 20.7 Å². The second-order valence-corrected chi connectivity index (χ2v) is 8.14. The van der Waals surface area contributed by atoms with Crippen LogP contribution in [-0.2, 0) is 4.74 Å². The Balaban J connectivity index is 1.43. The van der Waals surface area contributed by atoms with Gasteiger partial charge in [0.25, 0.3) is 0 Å². The van der Waals surface area contributed by atoms with Crippen LogP contribution in [0.25, 0.3) is 15.9 Å². The SMILES string of the molecule is Cc1nn(-c2ccc(Cl)cc2)c2sc(C(=O)OCCOc3ccc(Cl)cc3)cc12. The van der Waals surface area contributed by atoms with Gasteiger partial charge in [0, 0.05) is 15.4 Å². The lowest BCUT2D eigenvalue weighted by Crippen LogP contribution is -2.11. The Morgan fingerprint density at radius 2 is 1.69 bits per heavy atom. The van der Waals surface area contributed by atoms with Gasteiger partial charge in [-0.1, -0.05) is 23.2 Å². The van der Waals surface area contributed by atoms with Gasteiger partial charge in [0.1, 0.15) is 28.7 Å². The molecule has 0 aliphatic carbocycles. The fourth-order valence-electron chi connectivity index (χ4n) is 2.80. The fourth-order valence-corrected chi connectivity index (χ4v) is 4.13. The standard InChI is InChI=1S/C21H16Cl2N2O3S/c1-13-18-12-19(21(26)28-11-10-27-17-8-4-15(23)5-9-17)29-20(18)25(24-13)16-6-2-14(22)3-7-16/h2-9,12H,10-11H2,1H3. The number of nitrogens with zero attached hydrogens (tertiary/aromatic N) is 2. The smallest absolute Gasteiger partial charge is 0.348 e. The molecule has 4 rings (SSSR count). The van der Waals surface area contributed by atoms with Crippen molar-refractivity contribution in [3.63, 3.8) is 0 Å². The first kappa shape index (κ1) is 19.8. The van der Waals surface area contributed by atoms with E-state index >= 15 is 0 Å². The Hall–Kier alpha value is -2.54. The lowest BCUT2D eigenvalue weighted by atomic mass is 10.3. The summed E-state index contributed by atoms with van der Waals surface area (Å²) in [6.45, 7) is 2.32. The minimum absolute atomic E-state index is 0.151. The van der Waals surface area contributed by atoms with Gasteiger partial charge >= 0.3 is 5.97 Å². The average Bonchev–Trinajstić information content (AvgIpc) is 3.28. The Bertz CT molecular complexity index is 1150. The van der Waals surface area contributed by atoms with Crippen LogP contribution in [0, 0.1) is 6.92 Å². The Morgan fingerprint density at radius 1 is 1.03 bits per heavy atom. The quantitative estimate of drug-likeness (QED) is 0.271. The fraction of sp³-hybridized carbons (Fsp3) is 0.143. The summed E-state index contributed by atoms with van der Waals surface area (Å²) in [6, 6.07) is 16.2. The number of aromatic nitrogens is 2. The Morgan fingerprint density at radius 3 is 2.38 bits per heavy atom. The van der Waals surface area contributed by atoms with Crippen LogP contribution >= 0.6 is 34.5 Å². The van der Waals surface area contributed by atoms with Crippen LogP contribution < -0.4 is 4.74 Å². The van der Waals surface area contributed by atoms with Crippen molar-refractivity contribution in [1.29, 1.82) is 0 Å². The predicted octanol–water partition coefficient (Wildman–Crippen LogP) is 5.94. The number of carbonyl (C=O) groups is 1. The maximum atomic E-state index is 12.4. The normalized spacial score (nSPS) is 11.0. The third-order valence-corrected chi connectivity index (χ3v) is 5.81. The molecule has 2 aromatic carbocycles. The number of ether oxygens (including phenoxy) is 2. The van der Waals surface area contributed by atoms with E-state index in [1.807, 2.05) is 41.9 Å². The van der Waals surface area contributed by atoms with E-state index in [1.54, 1.807) is 24.3 Å². The molecule has 0 aliphatic rings. The van der Waals surface area contributed by atoms with Gasteiger partial charge in [-0.2, -0.15) is 5.10 Å². The number of rotatable bonds is 6. The van der Waals surface area contributed by atoms with Crippen LogP contribution in [0.15, 0.2) is 54.6 Å². The summed E-state index contributed by atoms with van der Waals surface area (Å²) >= 11 is 13.2. The highest BCUT2D eigenvalue weighted by atomic mass is 35.5. The summed E-state index contributed by atoms with van der Waals surface area (Å²) < 4.78 is 12.7. The molecular weight excluding hydrogens is 431 g/mol. The maximum Gasteiger partial charge on any atom is 0.348 e. The van der Waals surface area contributed by atoms with E-state index in [2.05, 4.69) is 5.10 Å². The van der Waals surface area contributed by atoms with Gasteiger partial charge < -0.3 is 9.47 Å². The van der Waals surface area contributed by atoms with Crippen LogP contribution in [0.2, 0.25) is 10.0 Å². The van der Waals surface area contributed by atoms with Crippen molar-refractivity contribution in [1.82, 2.24) is 9.78 Å². The molecule has 0 N–H and O–H groups in total. The molecule has 0 saturated heterocycles. The van der Waals surface area contributed by atoms with Crippen molar-refractivity contribution in [3.05, 3.63) is 75.2 Å². The highest BCUT2D eigenvalue weighted by Crippen LogP contribution is 2.31. The first-order chi connectivity index (χ1) is 14.0. The molecule has 0 fully saturated rings. The molecule has 0 saturated carbocycles. The van der Waals surface area contributed by atoms with Crippen molar-refractivity contribution < 1.29 is 14.3 Å². The van der Waals surface area contributed by atoms with E-state index in [0.717, 1.165) is 21.6 Å². The van der Waals surface area contributed by atoms with Crippen molar-refractivity contribution >= 4 is 50.7 Å². The first-order valence-corrected chi connectivity index (χ1v) is 10.4. The van der Waals surface area contributed by atoms with E-state index in [1.165, 1.54) is 11.3 Å². The maximum absolute atomic E-state index is 12.4. The van der Waals surface area contributed by atoms with Crippen molar-refractivity contribution in [3.8, 4) is 11.4 Å². The summed E-state index contributed by atoms with van der Waals surface area (Å²) in [4.78, 5) is 13.8. The third-order valence-electron chi connectivity index (χ3n) is 4.22. The molecule has 8 heteroatoms. The number of halogens is 2. The monoisotopic (exact) mass is 446 g/mol. The summed E-state index contributed by atoms with van der Waals surface area (Å²) in [7, 11) is 0. The lowest BCUT2D eigenvalue weighted by Gasteiger charge is -2.06. The summed E-state index contributed by atoms with van der Waals surface area (Å²) in [5, 5.41) is 6.79. The number of aryl methyl sites for hydroxylation is 1. The van der Waals surface area contributed by atoms with Gasteiger partial charge in [-0.3, -0.25) is 0 Å². The van der Waals surface area contributed by atoms with Crippen molar-refractivity contribution in [2.45, 2.75) is 6.92 Å². The van der Waals surface area contributed by atoms with Crippen LogP contribution in [0.3, 0.4) is 0 Å². The largest absolute Gasteiger partial charge is 0.490 e. The van der Waals surface area contributed by atoms with E-state index in [4.69, 9.17) is 32.7 Å². The third kappa shape index (κ3) is 4.40. The Kier molecular flexibility index (Phi) is 5.76. The highest BCUT2D eigenvalue weighted by molar-refractivity contribution is 7.20. The van der Waals surface area contributed by atoms with Gasteiger partial charge in [0.05, 0.1) is 11.4 Å². The molecule has 29 heavy (non-hydrogen) atoms. The van der Waals surface area contributed by atoms with Gasteiger partial charge in [-0.05, 0) is 61.5 Å². The number of thiophene rings is 1. The summed E-state index contributed by atoms with van der Waals surface area (Å²) in [5.41, 5.74) is 1.72. The molecule has 0 bridgehead atoms. The minimum atomic E-state index is -0.382. The first-order valence-electron chi connectivity index (χ1n) is 8.82. The molecular formula is C21H16Cl2N2O3S.